The number of nitrogens with zero attached hydrogens (tertiary/aromatic N) is 1. The quantitative estimate of drug-likeness (QED) is 0.871. The molecule has 1 aliphatic rings. The van der Waals surface area contributed by atoms with E-state index in [2.05, 4.69) is 0 Å². The number of aromatic carboxylic acids is 1. The first kappa shape index (κ1) is 17.3. The maximum Gasteiger partial charge on any atom is 0.335 e. The summed E-state index contributed by atoms with van der Waals surface area (Å²) < 4.78 is 10.8. The van der Waals surface area contributed by atoms with E-state index in [4.69, 9.17) is 14.6 Å². The molecule has 0 saturated carbocycles. The van der Waals surface area contributed by atoms with Crippen LogP contribution < -0.4 is 4.74 Å². The Kier molecular flexibility index (Phi) is 5.98. The van der Waals surface area contributed by atoms with Gasteiger partial charge in [-0.3, -0.25) is 4.79 Å². The normalized spacial score (nSPS) is 17.6. The molecular formula is C17H23NO5. The summed E-state index contributed by atoms with van der Waals surface area (Å²) in [6.45, 7) is 3.70. The van der Waals surface area contributed by atoms with Crippen molar-refractivity contribution in [3.8, 4) is 5.75 Å². The van der Waals surface area contributed by atoms with Crippen molar-refractivity contribution >= 4 is 11.9 Å². The topological polar surface area (TPSA) is 76.1 Å². The van der Waals surface area contributed by atoms with Crippen LogP contribution in [0.1, 0.15) is 46.9 Å². The van der Waals surface area contributed by atoms with Crippen molar-refractivity contribution in [1.82, 2.24) is 4.90 Å². The van der Waals surface area contributed by atoms with Crippen LogP contribution in [0.5, 0.6) is 5.75 Å². The predicted molar refractivity (Wildman–Crippen MR) is 85.1 cm³/mol. The molecule has 1 amide bonds. The minimum atomic E-state index is -1.09. The number of carbonyl (C=O) groups is 2. The summed E-state index contributed by atoms with van der Waals surface area (Å²) >= 11 is 0. The number of ether oxygens (including phenoxy) is 2. The molecule has 1 aliphatic heterocycles. The Morgan fingerprint density at radius 3 is 2.61 bits per heavy atom. The molecule has 6 heteroatoms. The minimum absolute atomic E-state index is 0.0395. The predicted octanol–water partition coefficient (Wildman–Crippen LogP) is 2.42. The highest BCUT2D eigenvalue weighted by Crippen LogP contribution is 2.20. The van der Waals surface area contributed by atoms with Crippen molar-refractivity contribution in [3.05, 3.63) is 29.3 Å². The molecule has 0 spiro atoms. The van der Waals surface area contributed by atoms with Crippen LogP contribution >= 0.6 is 0 Å². The van der Waals surface area contributed by atoms with Gasteiger partial charge in [-0.2, -0.15) is 0 Å². The van der Waals surface area contributed by atoms with Gasteiger partial charge in [0.2, 0.25) is 0 Å². The molecule has 1 fully saturated rings. The number of hydrogen-bond donors (Lipinski definition) is 1. The molecule has 0 aromatic heterocycles. The van der Waals surface area contributed by atoms with Gasteiger partial charge in [0.05, 0.1) is 18.8 Å². The number of likely N-dealkylation sites (N-methyl/N-ethyl adjacent to an activating group) is 1. The zero-order valence-corrected chi connectivity index (χ0v) is 13.6. The average molecular weight is 321 g/mol. The first-order chi connectivity index (χ1) is 11.0. The molecule has 23 heavy (non-hydrogen) atoms. The van der Waals surface area contributed by atoms with Crippen LogP contribution in [0.4, 0.5) is 0 Å². The van der Waals surface area contributed by atoms with Crippen LogP contribution in [0.25, 0.3) is 0 Å². The molecule has 1 aromatic carbocycles. The molecule has 0 bridgehead atoms. The van der Waals surface area contributed by atoms with Crippen molar-refractivity contribution in [2.45, 2.75) is 32.3 Å². The molecule has 0 unspecified atom stereocenters. The van der Waals surface area contributed by atoms with E-state index in [0.29, 0.717) is 24.4 Å². The number of benzene rings is 1. The summed E-state index contributed by atoms with van der Waals surface area (Å²) in [6.07, 6.45) is 3.17. The van der Waals surface area contributed by atoms with Gasteiger partial charge in [0.1, 0.15) is 5.75 Å². The Morgan fingerprint density at radius 2 is 2.04 bits per heavy atom. The molecule has 2 rings (SSSR count). The molecule has 1 atom stereocenters. The van der Waals surface area contributed by atoms with Crippen LogP contribution in [0.3, 0.4) is 0 Å². The lowest BCUT2D eigenvalue weighted by molar-refractivity contribution is -0.00312. The fourth-order valence-electron chi connectivity index (χ4n) is 2.70. The summed E-state index contributed by atoms with van der Waals surface area (Å²) in [5.74, 6) is -0.932. The zero-order valence-electron chi connectivity index (χ0n) is 13.6. The Hall–Kier alpha value is -2.08. The van der Waals surface area contributed by atoms with Crippen molar-refractivity contribution in [2.75, 3.05) is 26.8 Å². The molecule has 126 valence electrons. The number of rotatable bonds is 6. The standard InChI is InChI=1S/C17H23NO5/c1-3-18(11-14-6-4-5-7-23-14)16(19)12-8-13(17(20)21)10-15(9-12)22-2/h8-10,14H,3-7,11H2,1-2H3,(H,20,21)/t14-/m1/s1. The molecular weight excluding hydrogens is 298 g/mol. The summed E-state index contributed by atoms with van der Waals surface area (Å²) in [7, 11) is 1.45. The van der Waals surface area contributed by atoms with Gasteiger partial charge in [-0.15, -0.1) is 0 Å². The maximum absolute atomic E-state index is 12.7. The summed E-state index contributed by atoms with van der Waals surface area (Å²) in [5.41, 5.74) is 0.358. The lowest BCUT2D eigenvalue weighted by Crippen LogP contribution is -2.39. The van der Waals surface area contributed by atoms with E-state index in [0.717, 1.165) is 25.9 Å². The third-order valence-electron chi connectivity index (χ3n) is 4.00. The number of methoxy groups -OCH3 is 1. The minimum Gasteiger partial charge on any atom is -0.497 e. The molecule has 1 N–H and O–H groups in total. The highest BCUT2D eigenvalue weighted by atomic mass is 16.5. The van der Waals surface area contributed by atoms with Gasteiger partial charge < -0.3 is 19.5 Å². The first-order valence-corrected chi connectivity index (χ1v) is 7.88. The third-order valence-corrected chi connectivity index (χ3v) is 4.00. The fourth-order valence-corrected chi connectivity index (χ4v) is 2.70. The maximum atomic E-state index is 12.7. The van der Waals surface area contributed by atoms with Crippen LogP contribution in [0.15, 0.2) is 18.2 Å². The Morgan fingerprint density at radius 1 is 1.30 bits per heavy atom. The van der Waals surface area contributed by atoms with Crippen molar-refractivity contribution in [1.29, 1.82) is 0 Å². The second-order valence-corrected chi connectivity index (χ2v) is 5.59. The summed E-state index contributed by atoms with van der Waals surface area (Å²) in [5, 5.41) is 9.17. The van der Waals surface area contributed by atoms with Gasteiger partial charge >= 0.3 is 5.97 Å². The van der Waals surface area contributed by atoms with E-state index in [-0.39, 0.29) is 17.6 Å². The zero-order chi connectivity index (χ0) is 16.8. The van der Waals surface area contributed by atoms with Gasteiger partial charge in [0.15, 0.2) is 0 Å². The van der Waals surface area contributed by atoms with Crippen molar-refractivity contribution < 1.29 is 24.2 Å². The Bertz CT molecular complexity index is 566. The molecule has 6 nitrogen and oxygen atoms in total. The Balaban J connectivity index is 2.18. The highest BCUT2D eigenvalue weighted by Gasteiger charge is 2.22. The Labute approximate surface area is 136 Å². The molecule has 1 heterocycles. The van der Waals surface area contributed by atoms with Crippen LogP contribution in [0.2, 0.25) is 0 Å². The molecule has 0 radical (unpaired) electrons. The number of carbonyl (C=O) groups excluding carboxylic acids is 1. The van der Waals surface area contributed by atoms with Gasteiger partial charge in [-0.05, 0) is 44.4 Å². The lowest BCUT2D eigenvalue weighted by Gasteiger charge is -2.29. The SMILES string of the molecule is CCN(C[C@H]1CCCCO1)C(=O)c1cc(OC)cc(C(=O)O)c1. The second kappa shape index (κ2) is 7.97. The summed E-state index contributed by atoms with van der Waals surface area (Å²) in [6, 6.07) is 4.36. The van der Waals surface area contributed by atoms with Crippen molar-refractivity contribution in [2.24, 2.45) is 0 Å². The van der Waals surface area contributed by atoms with E-state index in [1.807, 2.05) is 6.92 Å². The third kappa shape index (κ3) is 4.45. The lowest BCUT2D eigenvalue weighted by atomic mass is 10.1. The second-order valence-electron chi connectivity index (χ2n) is 5.59. The number of amides is 1. The smallest absolute Gasteiger partial charge is 0.335 e. The average Bonchev–Trinajstić information content (AvgIpc) is 2.59. The van der Waals surface area contributed by atoms with E-state index in [1.54, 1.807) is 11.0 Å². The van der Waals surface area contributed by atoms with E-state index < -0.39 is 5.97 Å². The van der Waals surface area contributed by atoms with Crippen LogP contribution in [-0.4, -0.2) is 54.8 Å². The van der Waals surface area contributed by atoms with Gasteiger partial charge in [0.25, 0.3) is 5.91 Å². The van der Waals surface area contributed by atoms with Crippen molar-refractivity contribution in [3.63, 3.8) is 0 Å². The highest BCUT2D eigenvalue weighted by molar-refractivity contribution is 5.98. The molecule has 0 aliphatic carbocycles. The first-order valence-electron chi connectivity index (χ1n) is 7.88. The molecule has 1 saturated heterocycles. The van der Waals surface area contributed by atoms with Crippen LogP contribution in [-0.2, 0) is 4.74 Å². The van der Waals surface area contributed by atoms with E-state index in [9.17, 15) is 9.59 Å². The van der Waals surface area contributed by atoms with Gasteiger partial charge in [-0.1, -0.05) is 0 Å². The molecule has 1 aromatic rings. The van der Waals surface area contributed by atoms with Gasteiger partial charge in [0, 0.05) is 25.3 Å². The van der Waals surface area contributed by atoms with Crippen LogP contribution in [0, 0.1) is 0 Å². The van der Waals surface area contributed by atoms with E-state index in [1.165, 1.54) is 19.2 Å². The largest absolute Gasteiger partial charge is 0.497 e. The van der Waals surface area contributed by atoms with E-state index >= 15 is 0 Å². The fraction of sp³-hybridized carbons (Fsp3) is 0.529. The monoisotopic (exact) mass is 321 g/mol. The number of hydrogen-bond acceptors (Lipinski definition) is 4. The number of carboxylic acid groups (broad SMARTS) is 1. The summed E-state index contributed by atoms with van der Waals surface area (Å²) in [4.78, 5) is 25.6. The van der Waals surface area contributed by atoms with Gasteiger partial charge in [-0.25, -0.2) is 4.79 Å². The number of carboxylic acids is 1.